The van der Waals surface area contributed by atoms with E-state index in [4.69, 9.17) is 11.6 Å². The molecule has 3 aromatic rings. The van der Waals surface area contributed by atoms with Crippen LogP contribution in [-0.2, 0) is 0 Å². The topological polar surface area (TPSA) is 20.2 Å². The zero-order chi connectivity index (χ0) is 14.1. The van der Waals surface area contributed by atoms with Crippen molar-refractivity contribution < 1.29 is 5.11 Å². The first-order valence-corrected chi connectivity index (χ1v) is 6.97. The molecule has 0 fully saturated rings. The normalized spacial score (nSPS) is 12.6. The van der Waals surface area contributed by atoms with E-state index in [0.717, 1.165) is 27.5 Å². The summed E-state index contributed by atoms with van der Waals surface area (Å²) in [6.45, 7) is 2.02. The standard InChI is InChI=1S/C18H15ClO/c1-12-10-11-13-6-2-3-7-14(13)17(12)18(20)15-8-4-5-9-16(15)19/h2-11,18,20H,1H3/t18-/m1/s1. The highest BCUT2D eigenvalue weighted by Gasteiger charge is 2.18. The molecular weight excluding hydrogens is 268 g/mol. The predicted molar refractivity (Wildman–Crippen MR) is 84.2 cm³/mol. The molecule has 3 aromatic carbocycles. The van der Waals surface area contributed by atoms with Crippen molar-refractivity contribution in [1.29, 1.82) is 0 Å². The van der Waals surface area contributed by atoms with Gasteiger partial charge in [-0.1, -0.05) is 66.2 Å². The number of fused-ring (bicyclic) bond motifs is 1. The van der Waals surface area contributed by atoms with Gasteiger partial charge in [0.1, 0.15) is 6.10 Å². The van der Waals surface area contributed by atoms with Gasteiger partial charge in [0, 0.05) is 10.6 Å². The summed E-state index contributed by atoms with van der Waals surface area (Å²) in [6.07, 6.45) is -0.713. The maximum absolute atomic E-state index is 10.8. The number of aryl methyl sites for hydroxylation is 1. The number of hydrogen-bond donors (Lipinski definition) is 1. The summed E-state index contributed by atoms with van der Waals surface area (Å²) < 4.78 is 0. The van der Waals surface area contributed by atoms with E-state index >= 15 is 0 Å². The molecular formula is C18H15ClO. The zero-order valence-corrected chi connectivity index (χ0v) is 11.9. The van der Waals surface area contributed by atoms with Crippen LogP contribution in [0.25, 0.3) is 10.8 Å². The minimum Gasteiger partial charge on any atom is -0.384 e. The third-order valence-electron chi connectivity index (χ3n) is 3.66. The quantitative estimate of drug-likeness (QED) is 0.710. The van der Waals surface area contributed by atoms with Gasteiger partial charge in [0.15, 0.2) is 0 Å². The third kappa shape index (κ3) is 2.20. The van der Waals surface area contributed by atoms with Crippen molar-refractivity contribution in [3.63, 3.8) is 0 Å². The van der Waals surface area contributed by atoms with Gasteiger partial charge in [-0.25, -0.2) is 0 Å². The number of rotatable bonds is 2. The second kappa shape index (κ2) is 5.28. The van der Waals surface area contributed by atoms with Crippen molar-refractivity contribution in [2.75, 3.05) is 0 Å². The van der Waals surface area contributed by atoms with Crippen LogP contribution in [0.3, 0.4) is 0 Å². The molecule has 0 aliphatic carbocycles. The van der Waals surface area contributed by atoms with Crippen molar-refractivity contribution >= 4 is 22.4 Å². The summed E-state index contributed by atoms with van der Waals surface area (Å²) in [5, 5.41) is 13.6. The van der Waals surface area contributed by atoms with Crippen molar-refractivity contribution in [2.24, 2.45) is 0 Å². The van der Waals surface area contributed by atoms with Gasteiger partial charge in [-0.2, -0.15) is 0 Å². The van der Waals surface area contributed by atoms with E-state index in [1.807, 2.05) is 49.4 Å². The Morgan fingerprint density at radius 3 is 2.40 bits per heavy atom. The average Bonchev–Trinajstić information content (AvgIpc) is 2.47. The second-order valence-corrected chi connectivity index (χ2v) is 5.35. The Balaban J connectivity index is 2.24. The fraction of sp³-hybridized carbons (Fsp3) is 0.111. The fourth-order valence-electron chi connectivity index (χ4n) is 2.62. The maximum Gasteiger partial charge on any atom is 0.106 e. The first kappa shape index (κ1) is 13.2. The van der Waals surface area contributed by atoms with Crippen LogP contribution >= 0.6 is 11.6 Å². The molecule has 100 valence electrons. The smallest absolute Gasteiger partial charge is 0.106 e. The lowest BCUT2D eigenvalue weighted by molar-refractivity contribution is 0.221. The molecule has 1 N–H and O–H groups in total. The Bertz CT molecular complexity index is 764. The van der Waals surface area contributed by atoms with Crippen LogP contribution in [0.1, 0.15) is 22.8 Å². The van der Waals surface area contributed by atoms with Crippen LogP contribution in [0.4, 0.5) is 0 Å². The monoisotopic (exact) mass is 282 g/mol. The number of aliphatic hydroxyl groups excluding tert-OH is 1. The van der Waals surface area contributed by atoms with Gasteiger partial charge >= 0.3 is 0 Å². The van der Waals surface area contributed by atoms with Gasteiger partial charge in [-0.05, 0) is 34.9 Å². The van der Waals surface area contributed by atoms with Crippen LogP contribution in [0.15, 0.2) is 60.7 Å². The molecule has 0 heterocycles. The van der Waals surface area contributed by atoms with E-state index in [0.29, 0.717) is 5.02 Å². The summed E-state index contributed by atoms with van der Waals surface area (Å²) in [6, 6.07) is 19.6. The Kier molecular flexibility index (Phi) is 3.47. The van der Waals surface area contributed by atoms with Gasteiger partial charge in [-0.3, -0.25) is 0 Å². The van der Waals surface area contributed by atoms with Crippen LogP contribution in [0, 0.1) is 6.92 Å². The van der Waals surface area contributed by atoms with Crippen molar-refractivity contribution in [3.05, 3.63) is 82.4 Å². The SMILES string of the molecule is Cc1ccc2ccccc2c1[C@H](O)c1ccccc1Cl. The molecule has 0 spiro atoms. The van der Waals surface area contributed by atoms with Crippen LogP contribution in [-0.4, -0.2) is 5.11 Å². The molecule has 0 aliphatic rings. The predicted octanol–water partition coefficient (Wildman–Crippen LogP) is 4.88. The van der Waals surface area contributed by atoms with E-state index in [-0.39, 0.29) is 0 Å². The number of aliphatic hydroxyl groups is 1. The van der Waals surface area contributed by atoms with Crippen LogP contribution in [0.2, 0.25) is 5.02 Å². The summed E-state index contributed by atoms with van der Waals surface area (Å²) in [4.78, 5) is 0. The molecule has 0 saturated carbocycles. The van der Waals surface area contributed by atoms with E-state index in [2.05, 4.69) is 12.1 Å². The lowest BCUT2D eigenvalue weighted by Crippen LogP contribution is -2.03. The van der Waals surface area contributed by atoms with E-state index < -0.39 is 6.10 Å². The highest BCUT2D eigenvalue weighted by Crippen LogP contribution is 2.34. The Labute approximate surface area is 123 Å². The molecule has 3 rings (SSSR count). The molecule has 0 aromatic heterocycles. The van der Waals surface area contributed by atoms with Gasteiger partial charge in [0.05, 0.1) is 0 Å². The molecule has 1 nitrogen and oxygen atoms in total. The maximum atomic E-state index is 10.8. The summed E-state index contributed by atoms with van der Waals surface area (Å²) in [5.74, 6) is 0. The minimum atomic E-state index is -0.713. The van der Waals surface area contributed by atoms with Gasteiger partial charge < -0.3 is 5.11 Å². The number of benzene rings is 3. The van der Waals surface area contributed by atoms with Gasteiger partial charge in [0.25, 0.3) is 0 Å². The Morgan fingerprint density at radius 1 is 0.900 bits per heavy atom. The largest absolute Gasteiger partial charge is 0.384 e. The first-order valence-electron chi connectivity index (χ1n) is 6.59. The molecule has 1 atom stereocenters. The summed E-state index contributed by atoms with van der Waals surface area (Å²) >= 11 is 6.21. The molecule has 0 unspecified atom stereocenters. The van der Waals surface area contributed by atoms with E-state index in [9.17, 15) is 5.11 Å². The Hall–Kier alpha value is -1.83. The molecule has 0 radical (unpaired) electrons. The highest BCUT2D eigenvalue weighted by molar-refractivity contribution is 6.31. The zero-order valence-electron chi connectivity index (χ0n) is 11.2. The first-order chi connectivity index (χ1) is 9.68. The highest BCUT2D eigenvalue weighted by atomic mass is 35.5. The molecule has 0 saturated heterocycles. The molecule has 0 amide bonds. The molecule has 2 heteroatoms. The summed E-state index contributed by atoms with van der Waals surface area (Å²) in [5.41, 5.74) is 2.74. The Morgan fingerprint density at radius 2 is 1.60 bits per heavy atom. The lowest BCUT2D eigenvalue weighted by Gasteiger charge is -2.18. The molecule has 0 bridgehead atoms. The third-order valence-corrected chi connectivity index (χ3v) is 4.01. The van der Waals surface area contributed by atoms with Crippen LogP contribution < -0.4 is 0 Å². The van der Waals surface area contributed by atoms with Gasteiger partial charge in [0.2, 0.25) is 0 Å². The number of hydrogen-bond acceptors (Lipinski definition) is 1. The lowest BCUT2D eigenvalue weighted by atomic mass is 9.92. The average molecular weight is 283 g/mol. The van der Waals surface area contributed by atoms with Crippen LogP contribution in [0.5, 0.6) is 0 Å². The summed E-state index contributed by atoms with van der Waals surface area (Å²) in [7, 11) is 0. The van der Waals surface area contributed by atoms with E-state index in [1.165, 1.54) is 0 Å². The molecule has 20 heavy (non-hydrogen) atoms. The second-order valence-electron chi connectivity index (χ2n) is 4.94. The van der Waals surface area contributed by atoms with Crippen molar-refractivity contribution in [3.8, 4) is 0 Å². The number of halogens is 1. The minimum absolute atomic E-state index is 0.590. The van der Waals surface area contributed by atoms with E-state index in [1.54, 1.807) is 6.07 Å². The van der Waals surface area contributed by atoms with Crippen molar-refractivity contribution in [2.45, 2.75) is 13.0 Å². The van der Waals surface area contributed by atoms with Crippen molar-refractivity contribution in [1.82, 2.24) is 0 Å². The fourth-order valence-corrected chi connectivity index (χ4v) is 2.86. The van der Waals surface area contributed by atoms with Gasteiger partial charge in [-0.15, -0.1) is 0 Å². The molecule has 0 aliphatic heterocycles.